The average molecular weight is 323 g/mol. The summed E-state index contributed by atoms with van der Waals surface area (Å²) in [4.78, 5) is 0. The van der Waals surface area contributed by atoms with Gasteiger partial charge in [0.15, 0.2) is 0 Å². The molecule has 0 aliphatic heterocycles. The van der Waals surface area contributed by atoms with Gasteiger partial charge in [0.2, 0.25) is 0 Å². The lowest BCUT2D eigenvalue weighted by molar-refractivity contribution is 0.661. The fourth-order valence-corrected chi connectivity index (χ4v) is 4.02. The lowest BCUT2D eigenvalue weighted by Gasteiger charge is -2.21. The quantitative estimate of drug-likeness (QED) is 0.482. The number of hydrogen-bond donors (Lipinski definition) is 0. The Labute approximate surface area is 127 Å². The molecule has 0 amide bonds. The Morgan fingerprint density at radius 2 is 1.55 bits per heavy atom. The molecule has 0 spiro atoms. The summed E-state index contributed by atoms with van der Waals surface area (Å²) in [6.07, 6.45) is 0. The Kier molecular flexibility index (Phi) is 2.41. The van der Waals surface area contributed by atoms with Crippen molar-refractivity contribution < 1.29 is 0 Å². The van der Waals surface area contributed by atoms with Crippen molar-refractivity contribution in [1.82, 2.24) is 0 Å². The van der Waals surface area contributed by atoms with Crippen molar-refractivity contribution in [2.24, 2.45) is 0 Å². The third kappa shape index (κ3) is 1.42. The van der Waals surface area contributed by atoms with E-state index in [1.54, 1.807) is 0 Å². The Bertz CT molecular complexity index is 844. The minimum atomic E-state index is 0.0857. The van der Waals surface area contributed by atoms with Gasteiger partial charge in [-0.2, -0.15) is 0 Å². The molecule has 1 aliphatic carbocycles. The van der Waals surface area contributed by atoms with Crippen LogP contribution in [0.1, 0.15) is 25.0 Å². The Hall–Kier alpha value is -1.60. The second-order valence-electron chi connectivity index (χ2n) is 5.99. The van der Waals surface area contributed by atoms with Crippen molar-refractivity contribution in [3.63, 3.8) is 0 Å². The van der Waals surface area contributed by atoms with Crippen LogP contribution in [0.5, 0.6) is 0 Å². The smallest absolute Gasteiger partial charge is 0.0253 e. The summed E-state index contributed by atoms with van der Waals surface area (Å²) in [5, 5.41) is 2.63. The van der Waals surface area contributed by atoms with Crippen LogP contribution in [-0.2, 0) is 5.41 Å². The van der Waals surface area contributed by atoms with Crippen LogP contribution in [0.4, 0.5) is 0 Å². The summed E-state index contributed by atoms with van der Waals surface area (Å²) in [6.45, 7) is 4.64. The van der Waals surface area contributed by atoms with Crippen molar-refractivity contribution in [3.05, 3.63) is 70.2 Å². The molecule has 1 heteroatoms. The molecule has 0 nitrogen and oxygen atoms in total. The van der Waals surface area contributed by atoms with E-state index in [1.165, 1.54) is 37.5 Å². The molecule has 0 saturated heterocycles. The van der Waals surface area contributed by atoms with E-state index in [9.17, 15) is 0 Å². The topological polar surface area (TPSA) is 0 Å². The van der Waals surface area contributed by atoms with Crippen LogP contribution in [0.2, 0.25) is 0 Å². The van der Waals surface area contributed by atoms with E-state index >= 15 is 0 Å². The lowest BCUT2D eigenvalue weighted by Crippen LogP contribution is -2.14. The van der Waals surface area contributed by atoms with Gasteiger partial charge in [-0.3, -0.25) is 0 Å². The van der Waals surface area contributed by atoms with Gasteiger partial charge in [-0.1, -0.05) is 78.3 Å². The molecule has 4 rings (SSSR count). The Morgan fingerprint density at radius 3 is 2.40 bits per heavy atom. The second kappa shape index (κ2) is 3.95. The molecule has 0 unspecified atom stereocenters. The predicted octanol–water partition coefficient (Wildman–Crippen LogP) is 5.91. The van der Waals surface area contributed by atoms with Crippen LogP contribution in [0.25, 0.3) is 21.9 Å². The molecule has 0 atom stereocenters. The standard InChI is InChI=1S/C19H15Br/c1-19(2)15-8-4-3-6-14(15)18-13-7-5-9-17(20)12(13)10-11-16(18)19/h3-11H,1-2H3. The predicted molar refractivity (Wildman–Crippen MR) is 89.2 cm³/mol. The van der Waals surface area contributed by atoms with Gasteiger partial charge in [-0.05, 0) is 39.1 Å². The van der Waals surface area contributed by atoms with Gasteiger partial charge < -0.3 is 0 Å². The zero-order valence-electron chi connectivity index (χ0n) is 11.6. The minimum Gasteiger partial charge on any atom is -0.0619 e. The molecule has 0 radical (unpaired) electrons. The minimum absolute atomic E-state index is 0.0857. The van der Waals surface area contributed by atoms with Crippen LogP contribution >= 0.6 is 15.9 Å². The number of hydrogen-bond acceptors (Lipinski definition) is 0. The van der Waals surface area contributed by atoms with Crippen molar-refractivity contribution in [2.75, 3.05) is 0 Å². The zero-order chi connectivity index (χ0) is 13.9. The molecule has 1 aliphatic rings. The maximum atomic E-state index is 3.67. The van der Waals surface area contributed by atoms with Gasteiger partial charge in [0.1, 0.15) is 0 Å². The number of fused-ring (bicyclic) bond motifs is 5. The van der Waals surface area contributed by atoms with E-state index in [-0.39, 0.29) is 5.41 Å². The summed E-state index contributed by atoms with van der Waals surface area (Å²) in [5.41, 5.74) is 5.75. The zero-order valence-corrected chi connectivity index (χ0v) is 13.2. The monoisotopic (exact) mass is 322 g/mol. The number of halogens is 1. The molecule has 3 aromatic rings. The van der Waals surface area contributed by atoms with Gasteiger partial charge in [0.05, 0.1) is 0 Å². The molecule has 98 valence electrons. The summed E-state index contributed by atoms with van der Waals surface area (Å²) >= 11 is 3.67. The first-order valence-electron chi connectivity index (χ1n) is 6.92. The van der Waals surface area contributed by atoms with Crippen LogP contribution in [-0.4, -0.2) is 0 Å². The fourth-order valence-electron chi connectivity index (χ4n) is 3.52. The van der Waals surface area contributed by atoms with Crippen molar-refractivity contribution in [1.29, 1.82) is 0 Å². The highest BCUT2D eigenvalue weighted by atomic mass is 79.9. The molecule has 0 saturated carbocycles. The second-order valence-corrected chi connectivity index (χ2v) is 6.85. The van der Waals surface area contributed by atoms with E-state index in [2.05, 4.69) is 84.4 Å². The summed E-state index contributed by atoms with van der Waals surface area (Å²) in [7, 11) is 0. The maximum absolute atomic E-state index is 3.67. The normalized spacial score (nSPS) is 15.2. The molecule has 0 N–H and O–H groups in total. The highest BCUT2D eigenvalue weighted by Crippen LogP contribution is 2.51. The van der Waals surface area contributed by atoms with E-state index < -0.39 is 0 Å². The molecule has 20 heavy (non-hydrogen) atoms. The number of rotatable bonds is 0. The third-order valence-corrected chi connectivity index (χ3v) is 5.24. The maximum Gasteiger partial charge on any atom is 0.0253 e. The van der Waals surface area contributed by atoms with E-state index in [0.29, 0.717) is 0 Å². The van der Waals surface area contributed by atoms with Crippen LogP contribution in [0, 0.1) is 0 Å². The van der Waals surface area contributed by atoms with Gasteiger partial charge in [0, 0.05) is 9.89 Å². The van der Waals surface area contributed by atoms with Gasteiger partial charge in [-0.25, -0.2) is 0 Å². The van der Waals surface area contributed by atoms with Crippen LogP contribution in [0.3, 0.4) is 0 Å². The fraction of sp³-hybridized carbons (Fsp3) is 0.158. The molecular formula is C19H15Br. The van der Waals surface area contributed by atoms with Gasteiger partial charge >= 0.3 is 0 Å². The molecular weight excluding hydrogens is 308 g/mol. The highest BCUT2D eigenvalue weighted by Gasteiger charge is 2.35. The highest BCUT2D eigenvalue weighted by molar-refractivity contribution is 9.10. The van der Waals surface area contributed by atoms with E-state index in [1.807, 2.05) is 0 Å². The average Bonchev–Trinajstić information content (AvgIpc) is 2.69. The van der Waals surface area contributed by atoms with Crippen LogP contribution in [0.15, 0.2) is 59.1 Å². The van der Waals surface area contributed by atoms with Gasteiger partial charge in [-0.15, -0.1) is 0 Å². The SMILES string of the molecule is CC1(C)c2ccccc2-c2c1ccc1c(Br)cccc21. The molecule has 0 fully saturated rings. The Morgan fingerprint density at radius 1 is 0.750 bits per heavy atom. The largest absolute Gasteiger partial charge is 0.0619 e. The van der Waals surface area contributed by atoms with E-state index in [4.69, 9.17) is 0 Å². The van der Waals surface area contributed by atoms with Crippen molar-refractivity contribution in [3.8, 4) is 11.1 Å². The molecule has 0 aromatic heterocycles. The number of benzene rings is 3. The lowest BCUT2D eigenvalue weighted by atomic mass is 9.82. The molecule has 3 aromatic carbocycles. The van der Waals surface area contributed by atoms with Gasteiger partial charge in [0.25, 0.3) is 0 Å². The summed E-state index contributed by atoms with van der Waals surface area (Å²) in [5.74, 6) is 0. The van der Waals surface area contributed by atoms with E-state index in [0.717, 1.165) is 0 Å². The first-order chi connectivity index (χ1) is 9.60. The van der Waals surface area contributed by atoms with Crippen LogP contribution < -0.4 is 0 Å². The van der Waals surface area contributed by atoms with Crippen molar-refractivity contribution in [2.45, 2.75) is 19.3 Å². The van der Waals surface area contributed by atoms with Crippen molar-refractivity contribution >= 4 is 26.7 Å². The first kappa shape index (κ1) is 12.2. The Balaban J connectivity index is 2.23. The molecule has 0 heterocycles. The summed E-state index contributed by atoms with van der Waals surface area (Å²) < 4.78 is 1.17. The first-order valence-corrected chi connectivity index (χ1v) is 7.71. The third-order valence-electron chi connectivity index (χ3n) is 4.55. The molecule has 0 bridgehead atoms. The summed E-state index contributed by atoms with van der Waals surface area (Å²) in [6, 6.07) is 19.8.